The highest BCUT2D eigenvalue weighted by atomic mass is 19.1. The standard InChI is InChI=1S/C14H23FN2/c1-11(2)12(9-16-3)10-17(4)14-8-6-5-7-13(14)15/h5-8,11-12,16H,9-10H2,1-4H3. The maximum Gasteiger partial charge on any atom is 0.146 e. The Bertz CT molecular complexity index is 339. The van der Waals surface area contributed by atoms with Crippen molar-refractivity contribution in [1.29, 1.82) is 0 Å². The number of benzene rings is 1. The van der Waals surface area contributed by atoms with Gasteiger partial charge in [0.25, 0.3) is 0 Å². The van der Waals surface area contributed by atoms with Gasteiger partial charge in [-0.2, -0.15) is 0 Å². The van der Waals surface area contributed by atoms with E-state index in [9.17, 15) is 4.39 Å². The second-order valence-electron chi connectivity index (χ2n) is 4.89. The van der Waals surface area contributed by atoms with Crippen molar-refractivity contribution in [1.82, 2.24) is 5.32 Å². The molecule has 0 fully saturated rings. The van der Waals surface area contributed by atoms with E-state index >= 15 is 0 Å². The summed E-state index contributed by atoms with van der Waals surface area (Å²) in [5.74, 6) is 0.947. The molecule has 1 aromatic rings. The highest BCUT2D eigenvalue weighted by Crippen LogP contribution is 2.20. The van der Waals surface area contributed by atoms with Crippen LogP contribution in [0, 0.1) is 17.7 Å². The zero-order valence-electron chi connectivity index (χ0n) is 11.2. The molecule has 0 aliphatic rings. The van der Waals surface area contributed by atoms with Gasteiger partial charge in [0.15, 0.2) is 0 Å². The van der Waals surface area contributed by atoms with Crippen molar-refractivity contribution >= 4 is 5.69 Å². The topological polar surface area (TPSA) is 15.3 Å². The molecule has 0 heterocycles. The molecule has 17 heavy (non-hydrogen) atoms. The van der Waals surface area contributed by atoms with Gasteiger partial charge >= 0.3 is 0 Å². The van der Waals surface area contributed by atoms with Crippen molar-refractivity contribution in [3.63, 3.8) is 0 Å². The molecule has 0 radical (unpaired) electrons. The fourth-order valence-electron chi connectivity index (χ4n) is 1.98. The van der Waals surface area contributed by atoms with Crippen LogP contribution in [-0.4, -0.2) is 27.2 Å². The first-order valence-electron chi connectivity index (χ1n) is 6.16. The van der Waals surface area contributed by atoms with Gasteiger partial charge < -0.3 is 10.2 Å². The van der Waals surface area contributed by atoms with Crippen molar-refractivity contribution in [2.45, 2.75) is 13.8 Å². The van der Waals surface area contributed by atoms with E-state index in [1.165, 1.54) is 6.07 Å². The van der Waals surface area contributed by atoms with E-state index in [4.69, 9.17) is 0 Å². The lowest BCUT2D eigenvalue weighted by atomic mass is 9.95. The number of nitrogens with zero attached hydrogens (tertiary/aromatic N) is 1. The summed E-state index contributed by atoms with van der Waals surface area (Å²) < 4.78 is 13.6. The molecule has 0 aliphatic heterocycles. The average molecular weight is 238 g/mol. The molecule has 0 bridgehead atoms. The van der Waals surface area contributed by atoms with Crippen LogP contribution in [0.4, 0.5) is 10.1 Å². The number of hydrogen-bond acceptors (Lipinski definition) is 2. The maximum absolute atomic E-state index is 13.6. The average Bonchev–Trinajstić information content (AvgIpc) is 2.28. The lowest BCUT2D eigenvalue weighted by molar-refractivity contribution is 0.375. The Balaban J connectivity index is 2.70. The third-order valence-electron chi connectivity index (χ3n) is 3.18. The number of halogens is 1. The Morgan fingerprint density at radius 2 is 1.94 bits per heavy atom. The minimum Gasteiger partial charge on any atom is -0.372 e. The molecule has 0 saturated carbocycles. The quantitative estimate of drug-likeness (QED) is 0.820. The van der Waals surface area contributed by atoms with E-state index in [-0.39, 0.29) is 5.82 Å². The molecule has 3 heteroatoms. The van der Waals surface area contributed by atoms with E-state index in [2.05, 4.69) is 19.2 Å². The number of para-hydroxylation sites is 1. The van der Waals surface area contributed by atoms with Crippen LogP contribution in [0.2, 0.25) is 0 Å². The van der Waals surface area contributed by atoms with Crippen LogP contribution in [0.5, 0.6) is 0 Å². The third kappa shape index (κ3) is 4.00. The van der Waals surface area contributed by atoms with Crippen LogP contribution in [-0.2, 0) is 0 Å². The van der Waals surface area contributed by atoms with Gasteiger partial charge in [0.1, 0.15) is 5.82 Å². The summed E-state index contributed by atoms with van der Waals surface area (Å²) in [7, 11) is 3.90. The summed E-state index contributed by atoms with van der Waals surface area (Å²) in [6, 6.07) is 6.93. The van der Waals surface area contributed by atoms with Gasteiger partial charge in [-0.1, -0.05) is 26.0 Å². The Morgan fingerprint density at radius 1 is 1.29 bits per heavy atom. The first-order valence-corrected chi connectivity index (χ1v) is 6.16. The minimum absolute atomic E-state index is 0.151. The monoisotopic (exact) mass is 238 g/mol. The van der Waals surface area contributed by atoms with Crippen LogP contribution in [0.1, 0.15) is 13.8 Å². The van der Waals surface area contributed by atoms with Crippen LogP contribution >= 0.6 is 0 Å². The van der Waals surface area contributed by atoms with Gasteiger partial charge in [0.2, 0.25) is 0 Å². The van der Waals surface area contributed by atoms with Crippen molar-refractivity contribution in [3.8, 4) is 0 Å². The zero-order chi connectivity index (χ0) is 12.8. The van der Waals surface area contributed by atoms with Gasteiger partial charge in [0, 0.05) is 13.6 Å². The molecule has 1 unspecified atom stereocenters. The number of anilines is 1. The first-order chi connectivity index (χ1) is 8.06. The predicted octanol–water partition coefficient (Wildman–Crippen LogP) is 2.75. The van der Waals surface area contributed by atoms with E-state index < -0.39 is 0 Å². The van der Waals surface area contributed by atoms with Gasteiger partial charge in [-0.05, 0) is 37.6 Å². The number of nitrogens with one attached hydrogen (secondary N) is 1. The second kappa shape index (κ2) is 6.60. The molecule has 1 N–H and O–H groups in total. The lowest BCUT2D eigenvalue weighted by Crippen LogP contribution is -2.34. The number of hydrogen-bond donors (Lipinski definition) is 1. The molecule has 0 amide bonds. The zero-order valence-corrected chi connectivity index (χ0v) is 11.2. The molecule has 1 rings (SSSR count). The van der Waals surface area contributed by atoms with E-state index in [1.807, 2.05) is 31.1 Å². The lowest BCUT2D eigenvalue weighted by Gasteiger charge is -2.28. The van der Waals surface area contributed by atoms with Crippen LogP contribution in [0.15, 0.2) is 24.3 Å². The fraction of sp³-hybridized carbons (Fsp3) is 0.571. The van der Waals surface area contributed by atoms with Gasteiger partial charge in [-0.25, -0.2) is 4.39 Å². The first kappa shape index (κ1) is 14.0. The van der Waals surface area contributed by atoms with Crippen LogP contribution in [0.3, 0.4) is 0 Å². The largest absolute Gasteiger partial charge is 0.372 e. The Morgan fingerprint density at radius 3 is 2.47 bits per heavy atom. The SMILES string of the molecule is CNCC(CN(C)c1ccccc1F)C(C)C. The second-order valence-corrected chi connectivity index (χ2v) is 4.89. The Hall–Kier alpha value is -1.09. The molecule has 0 aromatic heterocycles. The van der Waals surface area contributed by atoms with Crippen LogP contribution < -0.4 is 10.2 Å². The summed E-state index contributed by atoms with van der Waals surface area (Å²) in [6.45, 7) is 6.23. The Labute approximate surface area is 104 Å². The van der Waals surface area contributed by atoms with E-state index in [0.717, 1.165) is 13.1 Å². The Kier molecular flexibility index (Phi) is 5.42. The van der Waals surface area contributed by atoms with E-state index in [0.29, 0.717) is 17.5 Å². The summed E-state index contributed by atoms with van der Waals surface area (Å²) in [4.78, 5) is 2.00. The van der Waals surface area contributed by atoms with Crippen molar-refractivity contribution in [2.24, 2.45) is 11.8 Å². The van der Waals surface area contributed by atoms with Crippen molar-refractivity contribution in [2.75, 3.05) is 32.1 Å². The molecule has 0 aliphatic carbocycles. The summed E-state index contributed by atoms with van der Waals surface area (Å²) in [6.07, 6.45) is 0. The number of rotatable bonds is 6. The highest BCUT2D eigenvalue weighted by Gasteiger charge is 2.16. The smallest absolute Gasteiger partial charge is 0.146 e. The minimum atomic E-state index is -0.151. The fourth-order valence-corrected chi connectivity index (χ4v) is 1.98. The summed E-state index contributed by atoms with van der Waals surface area (Å²) in [5.41, 5.74) is 0.675. The predicted molar refractivity (Wildman–Crippen MR) is 71.9 cm³/mol. The van der Waals surface area contributed by atoms with Crippen molar-refractivity contribution in [3.05, 3.63) is 30.1 Å². The molecular formula is C14H23FN2. The highest BCUT2D eigenvalue weighted by molar-refractivity contribution is 5.46. The molecule has 0 spiro atoms. The van der Waals surface area contributed by atoms with Gasteiger partial charge in [-0.15, -0.1) is 0 Å². The molecular weight excluding hydrogens is 215 g/mol. The van der Waals surface area contributed by atoms with E-state index in [1.54, 1.807) is 6.07 Å². The summed E-state index contributed by atoms with van der Waals surface area (Å²) >= 11 is 0. The van der Waals surface area contributed by atoms with Crippen molar-refractivity contribution < 1.29 is 4.39 Å². The van der Waals surface area contributed by atoms with Crippen LogP contribution in [0.25, 0.3) is 0 Å². The van der Waals surface area contributed by atoms with Gasteiger partial charge in [0.05, 0.1) is 5.69 Å². The molecule has 1 aromatic carbocycles. The molecule has 1 atom stereocenters. The summed E-state index contributed by atoms with van der Waals surface area (Å²) in [5, 5.41) is 3.20. The van der Waals surface area contributed by atoms with Gasteiger partial charge in [-0.3, -0.25) is 0 Å². The molecule has 96 valence electrons. The molecule has 2 nitrogen and oxygen atoms in total. The maximum atomic E-state index is 13.6. The third-order valence-corrected chi connectivity index (χ3v) is 3.18. The molecule has 0 saturated heterocycles. The normalized spacial score (nSPS) is 12.8.